The number of urea groups is 1. The van der Waals surface area contributed by atoms with Gasteiger partial charge < -0.3 is 36.7 Å². The second kappa shape index (κ2) is 18.7. The van der Waals surface area contributed by atoms with E-state index in [4.69, 9.17) is 5.73 Å². The van der Waals surface area contributed by atoms with Crippen molar-refractivity contribution in [1.29, 1.82) is 0 Å². The Hall–Kier alpha value is -3.95. The van der Waals surface area contributed by atoms with Gasteiger partial charge in [-0.2, -0.15) is 5.10 Å². The van der Waals surface area contributed by atoms with Crippen LogP contribution in [0, 0.1) is 5.92 Å². The summed E-state index contributed by atoms with van der Waals surface area (Å²) < 4.78 is 0. The fraction of sp³-hybridized carbons (Fsp3) is 0.588. The number of carbonyl (C=O) groups excluding carboxylic acids is 3. The molecule has 0 radical (unpaired) electrons. The minimum Gasteiger partial charge on any atom is -0.391 e. The summed E-state index contributed by atoms with van der Waals surface area (Å²) in [5, 5.41) is 27.7. The van der Waals surface area contributed by atoms with Crippen molar-refractivity contribution >= 4 is 29.6 Å². The van der Waals surface area contributed by atoms with Crippen LogP contribution in [0.3, 0.4) is 0 Å². The van der Waals surface area contributed by atoms with Gasteiger partial charge in [0.15, 0.2) is 5.16 Å². The second-order valence-corrected chi connectivity index (χ2v) is 14.3. The standard InChI is InChI=1S/C34H50N10O4S/c35-25-11-14-44(15-12-25)34(48)42-28(18-24-9-5-2-6-10-24)31(46)41-29(19-26-20-36-21-37-26)32(47)40-27(17-23-7-3-1-4-8-23)30(45)13-16-49-33-38-22-39-43-33/h2,5-6,9-10,20-23,25,27-30,45H,1,3-4,7-8,11-19,35H2,(H,36,37)(H,40,47)(H,41,46)(H,42,48)(H,38,39,43)/t27-,28-,29-,30-/m0/s1. The number of nitrogens with one attached hydrogen (secondary N) is 5. The van der Waals surface area contributed by atoms with Crippen molar-refractivity contribution < 1.29 is 19.5 Å². The zero-order valence-corrected chi connectivity index (χ0v) is 28.7. The number of benzene rings is 1. The third-order valence-corrected chi connectivity index (χ3v) is 10.4. The number of piperidine rings is 1. The molecule has 5 rings (SSSR count). The molecular weight excluding hydrogens is 645 g/mol. The molecule has 8 N–H and O–H groups in total. The van der Waals surface area contributed by atoms with E-state index >= 15 is 0 Å². The topological polar surface area (TPSA) is 207 Å². The van der Waals surface area contributed by atoms with Gasteiger partial charge in [-0.05, 0) is 37.2 Å². The molecule has 1 aliphatic carbocycles. The van der Waals surface area contributed by atoms with Crippen molar-refractivity contribution in [3.63, 3.8) is 0 Å². The van der Waals surface area contributed by atoms with Crippen LogP contribution in [0.4, 0.5) is 4.79 Å². The molecule has 0 spiro atoms. The fourth-order valence-electron chi connectivity index (χ4n) is 6.62. The molecule has 3 heterocycles. The minimum absolute atomic E-state index is 0.0572. The maximum atomic E-state index is 14.1. The highest BCUT2D eigenvalue weighted by Gasteiger charge is 2.33. The summed E-state index contributed by atoms with van der Waals surface area (Å²) in [6.45, 7) is 1.03. The zero-order chi connectivity index (χ0) is 34.4. The molecule has 15 heteroatoms. The first-order valence-electron chi connectivity index (χ1n) is 17.4. The molecule has 1 saturated heterocycles. The van der Waals surface area contributed by atoms with E-state index in [9.17, 15) is 19.5 Å². The lowest BCUT2D eigenvalue weighted by atomic mass is 9.83. The number of imidazole rings is 1. The number of aliphatic hydroxyl groups excluding tert-OH is 1. The number of aliphatic hydroxyl groups is 1. The van der Waals surface area contributed by atoms with Crippen molar-refractivity contribution in [2.45, 2.75) is 106 Å². The van der Waals surface area contributed by atoms with Crippen molar-refractivity contribution in [2.24, 2.45) is 11.7 Å². The normalized spacial score (nSPS) is 18.3. The Bertz CT molecular complexity index is 1410. The first kappa shape index (κ1) is 36.3. The van der Waals surface area contributed by atoms with Crippen LogP contribution in [0.1, 0.15) is 69.0 Å². The summed E-state index contributed by atoms with van der Waals surface area (Å²) in [4.78, 5) is 54.4. The number of nitrogens with zero attached hydrogens (tertiary/aromatic N) is 4. The Labute approximate surface area is 291 Å². The highest BCUT2D eigenvalue weighted by Crippen LogP contribution is 2.29. The third kappa shape index (κ3) is 11.6. The first-order chi connectivity index (χ1) is 23.8. The number of likely N-dealkylation sites (tertiary alicyclic amines) is 1. The number of H-pyrrole nitrogens is 2. The number of rotatable bonds is 16. The number of thioether (sulfide) groups is 1. The van der Waals surface area contributed by atoms with Gasteiger partial charge in [-0.15, -0.1) is 0 Å². The van der Waals surface area contributed by atoms with Crippen LogP contribution in [0.2, 0.25) is 0 Å². The van der Waals surface area contributed by atoms with E-state index in [2.05, 4.69) is 41.1 Å². The molecule has 1 aromatic carbocycles. The molecule has 266 valence electrons. The smallest absolute Gasteiger partial charge is 0.318 e. The molecule has 14 nitrogen and oxygen atoms in total. The number of amides is 4. The Morgan fingerprint density at radius 2 is 1.71 bits per heavy atom. The van der Waals surface area contributed by atoms with Crippen LogP contribution in [0.25, 0.3) is 0 Å². The summed E-state index contributed by atoms with van der Waals surface area (Å²) in [5.41, 5.74) is 7.59. The molecule has 2 aliphatic rings. The number of hydrogen-bond acceptors (Lipinski definition) is 9. The number of nitrogens with two attached hydrogens (primary N) is 1. The molecule has 1 saturated carbocycles. The Kier molecular flexibility index (Phi) is 13.9. The van der Waals surface area contributed by atoms with Gasteiger partial charge in [0, 0.05) is 49.6 Å². The average Bonchev–Trinajstić information content (AvgIpc) is 3.83. The van der Waals surface area contributed by atoms with Gasteiger partial charge >= 0.3 is 6.03 Å². The highest BCUT2D eigenvalue weighted by molar-refractivity contribution is 7.99. The molecule has 2 fully saturated rings. The maximum absolute atomic E-state index is 14.1. The van der Waals surface area contributed by atoms with Gasteiger partial charge in [-0.1, -0.05) is 74.2 Å². The molecule has 0 bridgehead atoms. The summed E-state index contributed by atoms with van der Waals surface area (Å²) >= 11 is 1.46. The lowest BCUT2D eigenvalue weighted by molar-refractivity contribution is -0.130. The van der Waals surface area contributed by atoms with E-state index < -0.39 is 36.0 Å². The van der Waals surface area contributed by atoms with E-state index in [0.717, 1.165) is 31.2 Å². The molecule has 3 aromatic rings. The maximum Gasteiger partial charge on any atom is 0.318 e. The molecule has 4 atom stereocenters. The van der Waals surface area contributed by atoms with E-state index in [1.165, 1.54) is 30.8 Å². The molecule has 4 amide bonds. The Morgan fingerprint density at radius 3 is 2.41 bits per heavy atom. The van der Waals surface area contributed by atoms with Crippen LogP contribution >= 0.6 is 11.8 Å². The molecular formula is C34H50N10O4S. The quantitative estimate of drug-likeness (QED) is 0.110. The lowest BCUT2D eigenvalue weighted by Crippen LogP contribution is -2.59. The monoisotopic (exact) mass is 694 g/mol. The number of hydrogen-bond donors (Lipinski definition) is 7. The van der Waals surface area contributed by atoms with Crippen molar-refractivity contribution in [2.75, 3.05) is 18.8 Å². The van der Waals surface area contributed by atoms with Gasteiger partial charge in [-0.25, -0.2) is 14.8 Å². The van der Waals surface area contributed by atoms with Gasteiger partial charge in [-0.3, -0.25) is 14.7 Å². The number of aromatic nitrogens is 5. The summed E-state index contributed by atoms with van der Waals surface area (Å²) in [6.07, 6.45) is 12.3. The van der Waals surface area contributed by atoms with Crippen LogP contribution < -0.4 is 21.7 Å². The number of carbonyl (C=O) groups is 3. The van der Waals surface area contributed by atoms with E-state index in [1.807, 2.05) is 30.3 Å². The third-order valence-electron chi connectivity index (χ3n) is 9.48. The largest absolute Gasteiger partial charge is 0.391 e. The number of aromatic amines is 2. The van der Waals surface area contributed by atoms with Crippen molar-refractivity contribution in [3.8, 4) is 0 Å². The second-order valence-electron chi connectivity index (χ2n) is 13.2. The fourth-order valence-corrected chi connectivity index (χ4v) is 7.41. The van der Waals surface area contributed by atoms with E-state index in [0.29, 0.717) is 61.3 Å². The molecule has 0 unspecified atom stereocenters. The van der Waals surface area contributed by atoms with Crippen molar-refractivity contribution in [1.82, 2.24) is 46.0 Å². The van der Waals surface area contributed by atoms with Crippen LogP contribution in [-0.2, 0) is 22.4 Å². The first-order valence-corrected chi connectivity index (χ1v) is 18.4. The zero-order valence-electron chi connectivity index (χ0n) is 27.9. The minimum atomic E-state index is -0.985. The summed E-state index contributed by atoms with van der Waals surface area (Å²) in [5.74, 6) is 0.107. The van der Waals surface area contributed by atoms with Crippen molar-refractivity contribution in [3.05, 3.63) is 60.4 Å². The summed E-state index contributed by atoms with van der Waals surface area (Å²) in [6, 6.07) is 6.76. The SMILES string of the molecule is NC1CCN(C(=O)N[C@@H](Cc2ccccc2)C(=O)N[C@@H](Cc2cnc[nH]2)C(=O)N[C@@H](CC2CCCCC2)[C@@H](O)CCSc2ncn[nH]2)CC1. The van der Waals surface area contributed by atoms with Gasteiger partial charge in [0.25, 0.3) is 0 Å². The van der Waals surface area contributed by atoms with Crippen LogP contribution in [0.15, 0.2) is 54.3 Å². The van der Waals surface area contributed by atoms with Gasteiger partial charge in [0.2, 0.25) is 11.8 Å². The Morgan fingerprint density at radius 1 is 0.980 bits per heavy atom. The predicted molar refractivity (Wildman–Crippen MR) is 186 cm³/mol. The highest BCUT2D eigenvalue weighted by atomic mass is 32.2. The molecule has 2 aromatic heterocycles. The summed E-state index contributed by atoms with van der Waals surface area (Å²) in [7, 11) is 0. The van der Waals surface area contributed by atoms with E-state index in [1.54, 1.807) is 11.1 Å². The lowest BCUT2D eigenvalue weighted by Gasteiger charge is -2.33. The molecule has 49 heavy (non-hydrogen) atoms. The van der Waals surface area contributed by atoms with E-state index in [-0.39, 0.29) is 24.9 Å². The van der Waals surface area contributed by atoms with Gasteiger partial charge in [0.1, 0.15) is 18.4 Å². The van der Waals surface area contributed by atoms with Gasteiger partial charge in [0.05, 0.1) is 18.5 Å². The van der Waals surface area contributed by atoms with Crippen LogP contribution in [-0.4, -0.2) is 102 Å². The predicted octanol–water partition coefficient (Wildman–Crippen LogP) is 2.30. The Balaban J connectivity index is 1.30. The van der Waals surface area contributed by atoms with Crippen LogP contribution in [0.5, 0.6) is 0 Å². The average molecular weight is 695 g/mol. The molecule has 1 aliphatic heterocycles.